The molecular weight excluding hydrogens is 460 g/mol. The van der Waals surface area contributed by atoms with Crippen molar-refractivity contribution in [2.24, 2.45) is 0 Å². The molecule has 9 atom stereocenters. The van der Waals surface area contributed by atoms with E-state index < -0.39 is 68.6 Å². The lowest BCUT2D eigenvalue weighted by Gasteiger charge is -2.32. The van der Waals surface area contributed by atoms with Crippen molar-refractivity contribution >= 4 is 38.1 Å². The third-order valence-corrected chi connectivity index (χ3v) is 8.17. The van der Waals surface area contributed by atoms with Gasteiger partial charge in [0.2, 0.25) is 0 Å². The fourth-order valence-electron chi connectivity index (χ4n) is 2.20. The molecular formula is C8H16O15P4. The minimum atomic E-state index is -5.07. The standard InChI is InChI=1S/C8H16O15P4/c1-3(9)4-6(20-26(13,14)22-24(11)18-4)5-7(8(10)17-2)21-27(15,16)23-25(12)19-5/h3-7,9,24-25H,1-2H3,(H,13,14)(H,15,16)/t3?,4-,5+,6+,7-/m0/s1. The van der Waals surface area contributed by atoms with Gasteiger partial charge in [0.05, 0.1) is 13.2 Å². The highest BCUT2D eigenvalue weighted by Gasteiger charge is 2.54. The van der Waals surface area contributed by atoms with Crippen LogP contribution in [0.15, 0.2) is 0 Å². The Kier molecular flexibility index (Phi) is 7.60. The minimum absolute atomic E-state index is 0.870. The molecule has 158 valence electrons. The number of methoxy groups -OCH3 is 1. The average Bonchev–Trinajstić information content (AvgIpc) is 2.71. The maximum Gasteiger partial charge on any atom is 0.480 e. The molecule has 5 unspecified atom stereocenters. The predicted molar refractivity (Wildman–Crippen MR) is 83.0 cm³/mol. The van der Waals surface area contributed by atoms with Gasteiger partial charge in [-0.2, -0.15) is 0 Å². The van der Waals surface area contributed by atoms with Gasteiger partial charge in [-0.15, -0.1) is 0 Å². The Labute approximate surface area is 152 Å². The highest BCUT2D eigenvalue weighted by Crippen LogP contribution is 2.61. The minimum Gasteiger partial charge on any atom is -0.467 e. The van der Waals surface area contributed by atoms with Crippen LogP contribution in [0.2, 0.25) is 0 Å². The largest absolute Gasteiger partial charge is 0.480 e. The van der Waals surface area contributed by atoms with Gasteiger partial charge in [-0.25, -0.2) is 22.5 Å². The van der Waals surface area contributed by atoms with E-state index in [1.165, 1.54) is 0 Å². The maximum atomic E-state index is 12.0. The number of rotatable bonds is 3. The second kappa shape index (κ2) is 8.81. The number of hydrogen-bond acceptors (Lipinski definition) is 13. The topological polar surface area (TPSA) is 211 Å². The normalized spacial score (nSPS) is 47.4. The van der Waals surface area contributed by atoms with Gasteiger partial charge in [0, 0.05) is 0 Å². The average molecular weight is 476 g/mol. The number of phosphoric acid groups is 2. The lowest BCUT2D eigenvalue weighted by Crippen LogP contribution is -2.52. The smallest absolute Gasteiger partial charge is 0.467 e. The van der Waals surface area contributed by atoms with Crippen LogP contribution in [0.1, 0.15) is 6.92 Å². The summed E-state index contributed by atoms with van der Waals surface area (Å²) in [4.78, 5) is 31.1. The van der Waals surface area contributed by atoms with Gasteiger partial charge in [-0.1, -0.05) is 0 Å². The van der Waals surface area contributed by atoms with Crippen LogP contribution in [0, 0.1) is 0 Å². The number of aliphatic hydroxyl groups is 1. The molecule has 0 amide bonds. The van der Waals surface area contributed by atoms with E-state index in [0.717, 1.165) is 14.0 Å². The molecule has 2 heterocycles. The Hall–Kier alpha value is 0.0300. The molecule has 3 N–H and O–H groups in total. The summed E-state index contributed by atoms with van der Waals surface area (Å²) in [7, 11) is -16.7. The van der Waals surface area contributed by atoms with E-state index in [1.54, 1.807) is 0 Å². The number of esters is 1. The number of phosphoric ester groups is 2. The molecule has 0 aliphatic carbocycles. The summed E-state index contributed by atoms with van der Waals surface area (Å²) in [5.74, 6) is -1.34. The van der Waals surface area contributed by atoms with Gasteiger partial charge < -0.3 is 28.7 Å². The van der Waals surface area contributed by atoms with Crippen molar-refractivity contribution in [1.29, 1.82) is 0 Å². The first-order chi connectivity index (χ1) is 12.3. The van der Waals surface area contributed by atoms with Crippen molar-refractivity contribution in [3.05, 3.63) is 0 Å². The van der Waals surface area contributed by atoms with E-state index in [2.05, 4.69) is 17.9 Å². The first-order valence-corrected chi connectivity index (χ1v) is 12.4. The fraction of sp³-hybridized carbons (Fsp3) is 0.875. The van der Waals surface area contributed by atoms with Crippen molar-refractivity contribution in [3.63, 3.8) is 0 Å². The number of carbonyl (C=O) groups excluding carboxylic acids is 1. The van der Waals surface area contributed by atoms with Gasteiger partial charge in [0.15, 0.2) is 6.10 Å². The molecule has 2 saturated heterocycles. The van der Waals surface area contributed by atoms with Gasteiger partial charge in [-0.3, -0.25) is 18.2 Å². The molecule has 0 bridgehead atoms. The van der Waals surface area contributed by atoms with Crippen LogP contribution in [0.4, 0.5) is 0 Å². The molecule has 2 aliphatic rings. The van der Waals surface area contributed by atoms with E-state index in [1.807, 2.05) is 0 Å². The van der Waals surface area contributed by atoms with Crippen molar-refractivity contribution in [1.82, 2.24) is 0 Å². The molecule has 0 spiro atoms. The van der Waals surface area contributed by atoms with Crippen molar-refractivity contribution in [3.8, 4) is 0 Å². The Bertz CT molecular complexity index is 721. The predicted octanol–water partition coefficient (Wildman–Crippen LogP) is 0.122. The Morgan fingerprint density at radius 3 is 2.07 bits per heavy atom. The summed E-state index contributed by atoms with van der Waals surface area (Å²) in [6.07, 6.45) is -9.47. The molecule has 27 heavy (non-hydrogen) atoms. The Balaban J connectivity index is 2.53. The molecule has 0 aromatic rings. The van der Waals surface area contributed by atoms with Crippen LogP contribution in [0.5, 0.6) is 0 Å². The first-order valence-electron chi connectivity index (χ1n) is 6.94. The molecule has 0 radical (unpaired) electrons. The van der Waals surface area contributed by atoms with Gasteiger partial charge in [-0.05, 0) is 6.92 Å². The highest BCUT2D eigenvalue weighted by molar-refractivity contribution is 7.56. The van der Waals surface area contributed by atoms with E-state index in [-0.39, 0.29) is 0 Å². The van der Waals surface area contributed by atoms with E-state index in [9.17, 15) is 37.9 Å². The lowest BCUT2D eigenvalue weighted by atomic mass is 10.00. The van der Waals surface area contributed by atoms with E-state index in [4.69, 9.17) is 13.6 Å². The van der Waals surface area contributed by atoms with Crippen molar-refractivity contribution in [2.45, 2.75) is 37.4 Å². The Morgan fingerprint density at radius 2 is 1.56 bits per heavy atom. The van der Waals surface area contributed by atoms with Crippen LogP contribution in [-0.4, -0.2) is 58.5 Å². The fourth-order valence-corrected chi connectivity index (χ4v) is 6.46. The molecule has 0 saturated carbocycles. The van der Waals surface area contributed by atoms with E-state index >= 15 is 0 Å². The molecule has 19 heteroatoms. The molecule has 15 nitrogen and oxygen atoms in total. The van der Waals surface area contributed by atoms with Crippen LogP contribution >= 0.6 is 32.2 Å². The summed E-state index contributed by atoms with van der Waals surface area (Å²) in [5.41, 5.74) is 0. The quantitative estimate of drug-likeness (QED) is 0.365. The molecule has 2 aliphatic heterocycles. The monoisotopic (exact) mass is 476 g/mol. The van der Waals surface area contributed by atoms with E-state index in [0.29, 0.717) is 0 Å². The Morgan fingerprint density at radius 1 is 1.04 bits per heavy atom. The van der Waals surface area contributed by atoms with Crippen molar-refractivity contribution in [2.75, 3.05) is 7.11 Å². The van der Waals surface area contributed by atoms with Crippen LogP contribution in [-0.2, 0) is 54.5 Å². The number of carbonyl (C=O) groups is 1. The third kappa shape index (κ3) is 6.01. The van der Waals surface area contributed by atoms with Gasteiger partial charge >= 0.3 is 38.1 Å². The third-order valence-electron chi connectivity index (χ3n) is 3.20. The summed E-state index contributed by atoms with van der Waals surface area (Å²) >= 11 is 0. The zero-order valence-electron chi connectivity index (χ0n) is 13.5. The highest BCUT2D eigenvalue weighted by atomic mass is 31.2. The van der Waals surface area contributed by atoms with Gasteiger partial charge in [0.25, 0.3) is 0 Å². The molecule has 2 rings (SSSR count). The van der Waals surface area contributed by atoms with Gasteiger partial charge in [0.1, 0.15) is 18.3 Å². The summed E-state index contributed by atoms with van der Waals surface area (Å²) < 4.78 is 78.8. The first kappa shape index (κ1) is 23.3. The summed E-state index contributed by atoms with van der Waals surface area (Å²) in [6.45, 7) is 1.10. The molecule has 0 aromatic carbocycles. The van der Waals surface area contributed by atoms with Crippen LogP contribution in [0.3, 0.4) is 0 Å². The number of ether oxygens (including phenoxy) is 1. The molecule has 0 aromatic heterocycles. The van der Waals surface area contributed by atoms with Crippen LogP contribution in [0.25, 0.3) is 0 Å². The van der Waals surface area contributed by atoms with Crippen LogP contribution < -0.4 is 0 Å². The van der Waals surface area contributed by atoms with Crippen molar-refractivity contribution < 1.29 is 69.4 Å². The summed E-state index contributed by atoms with van der Waals surface area (Å²) in [5, 5.41) is 9.84. The molecule has 2 fully saturated rings. The maximum absolute atomic E-state index is 12.0. The zero-order chi connectivity index (χ0) is 20.6. The SMILES string of the molecule is COC(=O)[C@H]1OP(=O)(O)O[PH](=O)O[C@@H]1[C@@H]1OP(=O)(O)O[PH](=O)O[C@H]1C(C)O. The second-order valence-electron chi connectivity index (χ2n) is 5.14. The second-order valence-corrected chi connectivity index (χ2v) is 10.4. The number of aliphatic hydroxyl groups excluding tert-OH is 1. The zero-order valence-corrected chi connectivity index (χ0v) is 17.3. The number of hydrogen-bond donors (Lipinski definition) is 3. The summed E-state index contributed by atoms with van der Waals surface area (Å²) in [6, 6.07) is 0. The lowest BCUT2D eigenvalue weighted by molar-refractivity contribution is -0.160.